The molecule has 88 valence electrons. The van der Waals surface area contributed by atoms with E-state index in [1.165, 1.54) is 0 Å². The normalized spacial score (nSPS) is 11.1. The van der Waals surface area contributed by atoms with E-state index in [4.69, 9.17) is 5.11 Å². The Kier molecular flexibility index (Phi) is 6.40. The first-order chi connectivity index (χ1) is 6.87. The SMILES string of the molecule is CSCCC(=O)NC(C)(C)CCC(=O)O. The van der Waals surface area contributed by atoms with E-state index < -0.39 is 11.5 Å². The summed E-state index contributed by atoms with van der Waals surface area (Å²) in [6.45, 7) is 3.68. The molecule has 0 heterocycles. The van der Waals surface area contributed by atoms with Gasteiger partial charge in [-0.05, 0) is 26.5 Å². The van der Waals surface area contributed by atoms with Crippen molar-refractivity contribution < 1.29 is 14.7 Å². The van der Waals surface area contributed by atoms with Crippen LogP contribution >= 0.6 is 11.8 Å². The lowest BCUT2D eigenvalue weighted by molar-refractivity contribution is -0.137. The quantitative estimate of drug-likeness (QED) is 0.699. The number of carboxylic acids is 1. The fourth-order valence-electron chi connectivity index (χ4n) is 1.12. The molecule has 0 saturated heterocycles. The number of carbonyl (C=O) groups excluding carboxylic acids is 1. The first-order valence-electron chi connectivity index (χ1n) is 4.89. The second kappa shape index (κ2) is 6.71. The molecular weight excluding hydrogens is 214 g/mol. The molecular formula is C10H19NO3S. The third-order valence-electron chi connectivity index (χ3n) is 1.97. The number of aliphatic carboxylic acids is 1. The van der Waals surface area contributed by atoms with Gasteiger partial charge in [-0.2, -0.15) is 11.8 Å². The van der Waals surface area contributed by atoms with E-state index in [2.05, 4.69) is 5.32 Å². The molecule has 0 aliphatic heterocycles. The predicted molar refractivity (Wildman–Crippen MR) is 62.1 cm³/mol. The fraction of sp³-hybridized carbons (Fsp3) is 0.800. The van der Waals surface area contributed by atoms with Gasteiger partial charge in [0.2, 0.25) is 5.91 Å². The minimum Gasteiger partial charge on any atom is -0.481 e. The Morgan fingerprint density at radius 3 is 2.40 bits per heavy atom. The number of hydrogen-bond acceptors (Lipinski definition) is 3. The van der Waals surface area contributed by atoms with Crippen LogP contribution in [0.3, 0.4) is 0 Å². The van der Waals surface area contributed by atoms with Crippen molar-refractivity contribution in [3.05, 3.63) is 0 Å². The lowest BCUT2D eigenvalue weighted by atomic mass is 9.98. The van der Waals surface area contributed by atoms with Gasteiger partial charge in [0.25, 0.3) is 0 Å². The minimum atomic E-state index is -0.832. The molecule has 0 aromatic carbocycles. The topological polar surface area (TPSA) is 66.4 Å². The Balaban J connectivity index is 3.90. The highest BCUT2D eigenvalue weighted by Crippen LogP contribution is 2.11. The van der Waals surface area contributed by atoms with Crippen LogP contribution in [0.2, 0.25) is 0 Å². The van der Waals surface area contributed by atoms with Crippen molar-refractivity contribution in [3.8, 4) is 0 Å². The van der Waals surface area contributed by atoms with E-state index in [1.807, 2.05) is 20.1 Å². The molecule has 15 heavy (non-hydrogen) atoms. The Labute approximate surface area is 94.8 Å². The molecule has 5 heteroatoms. The molecule has 0 saturated carbocycles. The zero-order valence-corrected chi connectivity index (χ0v) is 10.3. The van der Waals surface area contributed by atoms with Gasteiger partial charge >= 0.3 is 5.97 Å². The average Bonchev–Trinajstić information content (AvgIpc) is 2.11. The molecule has 0 aliphatic rings. The maximum absolute atomic E-state index is 11.4. The molecule has 0 aromatic heterocycles. The number of hydrogen-bond donors (Lipinski definition) is 2. The molecule has 1 amide bonds. The monoisotopic (exact) mass is 233 g/mol. The molecule has 2 N–H and O–H groups in total. The van der Waals surface area contributed by atoms with E-state index in [0.29, 0.717) is 12.8 Å². The van der Waals surface area contributed by atoms with E-state index in [0.717, 1.165) is 5.75 Å². The van der Waals surface area contributed by atoms with Gasteiger partial charge in [-0.25, -0.2) is 0 Å². The number of thioether (sulfide) groups is 1. The van der Waals surface area contributed by atoms with Gasteiger partial charge in [0.05, 0.1) is 0 Å². The highest BCUT2D eigenvalue weighted by Gasteiger charge is 2.20. The van der Waals surface area contributed by atoms with Crippen molar-refractivity contribution in [2.24, 2.45) is 0 Å². The van der Waals surface area contributed by atoms with Crippen molar-refractivity contribution in [3.63, 3.8) is 0 Å². The van der Waals surface area contributed by atoms with Crippen molar-refractivity contribution in [2.75, 3.05) is 12.0 Å². The van der Waals surface area contributed by atoms with Crippen molar-refractivity contribution in [1.82, 2.24) is 5.32 Å². The highest BCUT2D eigenvalue weighted by atomic mass is 32.2. The lowest BCUT2D eigenvalue weighted by Crippen LogP contribution is -2.43. The summed E-state index contributed by atoms with van der Waals surface area (Å²) in [5.41, 5.74) is -0.437. The van der Waals surface area contributed by atoms with Gasteiger partial charge in [0.15, 0.2) is 0 Å². The summed E-state index contributed by atoms with van der Waals surface area (Å²) in [4.78, 5) is 21.8. The number of amides is 1. The summed E-state index contributed by atoms with van der Waals surface area (Å²) in [6, 6.07) is 0. The summed E-state index contributed by atoms with van der Waals surface area (Å²) in [5.74, 6) is -0.0536. The van der Waals surface area contributed by atoms with Crippen molar-refractivity contribution in [1.29, 1.82) is 0 Å². The van der Waals surface area contributed by atoms with Crippen LogP contribution in [0.5, 0.6) is 0 Å². The smallest absolute Gasteiger partial charge is 0.303 e. The zero-order valence-electron chi connectivity index (χ0n) is 9.50. The highest BCUT2D eigenvalue weighted by molar-refractivity contribution is 7.98. The van der Waals surface area contributed by atoms with Crippen LogP contribution in [-0.2, 0) is 9.59 Å². The molecule has 0 fully saturated rings. The number of rotatable bonds is 7. The molecule has 0 radical (unpaired) electrons. The molecule has 0 aliphatic carbocycles. The third-order valence-corrected chi connectivity index (χ3v) is 2.59. The van der Waals surface area contributed by atoms with Gasteiger partial charge in [-0.1, -0.05) is 0 Å². The van der Waals surface area contributed by atoms with Gasteiger partial charge in [-0.3, -0.25) is 9.59 Å². The van der Waals surface area contributed by atoms with Crippen molar-refractivity contribution >= 4 is 23.6 Å². The van der Waals surface area contributed by atoms with Crippen molar-refractivity contribution in [2.45, 2.75) is 38.6 Å². The fourth-order valence-corrected chi connectivity index (χ4v) is 1.51. The second-order valence-electron chi connectivity index (χ2n) is 4.07. The molecule has 0 unspecified atom stereocenters. The molecule has 0 bridgehead atoms. The summed E-state index contributed by atoms with van der Waals surface area (Å²) in [6.07, 6.45) is 2.96. The summed E-state index contributed by atoms with van der Waals surface area (Å²) in [5, 5.41) is 11.4. The van der Waals surface area contributed by atoms with Gasteiger partial charge in [0.1, 0.15) is 0 Å². The molecule has 0 atom stereocenters. The van der Waals surface area contributed by atoms with E-state index in [9.17, 15) is 9.59 Å². The summed E-state index contributed by atoms with van der Waals surface area (Å²) < 4.78 is 0. The van der Waals surface area contributed by atoms with E-state index in [1.54, 1.807) is 11.8 Å². The maximum Gasteiger partial charge on any atom is 0.303 e. The van der Waals surface area contributed by atoms with Crippen LogP contribution < -0.4 is 5.32 Å². The van der Waals surface area contributed by atoms with Crippen LogP contribution in [0, 0.1) is 0 Å². The van der Waals surface area contributed by atoms with E-state index in [-0.39, 0.29) is 12.3 Å². The Bertz CT molecular complexity index is 229. The first-order valence-corrected chi connectivity index (χ1v) is 6.28. The Morgan fingerprint density at radius 1 is 1.33 bits per heavy atom. The average molecular weight is 233 g/mol. The zero-order chi connectivity index (χ0) is 11.9. The minimum absolute atomic E-state index is 0.0141. The van der Waals surface area contributed by atoms with Crippen LogP contribution in [0.4, 0.5) is 0 Å². The third kappa shape index (κ3) is 8.30. The number of carboxylic acid groups (broad SMARTS) is 1. The largest absolute Gasteiger partial charge is 0.481 e. The molecule has 0 spiro atoms. The van der Waals surface area contributed by atoms with Crippen LogP contribution in [-0.4, -0.2) is 34.5 Å². The predicted octanol–water partition coefficient (Wildman–Crippen LogP) is 1.50. The van der Waals surface area contributed by atoms with Crippen LogP contribution in [0.1, 0.15) is 33.1 Å². The number of nitrogens with one attached hydrogen (secondary N) is 1. The van der Waals surface area contributed by atoms with Gasteiger partial charge < -0.3 is 10.4 Å². The van der Waals surface area contributed by atoms with Crippen LogP contribution in [0.15, 0.2) is 0 Å². The summed E-state index contributed by atoms with van der Waals surface area (Å²) >= 11 is 1.62. The van der Waals surface area contributed by atoms with Gasteiger partial charge in [0, 0.05) is 24.1 Å². The molecule has 4 nitrogen and oxygen atoms in total. The molecule has 0 rings (SSSR count). The standard InChI is InChI=1S/C10H19NO3S/c1-10(2,6-4-9(13)14)11-8(12)5-7-15-3/h4-7H2,1-3H3,(H,11,12)(H,13,14). The Hall–Kier alpha value is -0.710. The lowest BCUT2D eigenvalue weighted by Gasteiger charge is -2.25. The van der Waals surface area contributed by atoms with Crippen LogP contribution in [0.25, 0.3) is 0 Å². The first kappa shape index (κ1) is 14.3. The van der Waals surface area contributed by atoms with Gasteiger partial charge in [-0.15, -0.1) is 0 Å². The second-order valence-corrected chi connectivity index (χ2v) is 5.05. The van der Waals surface area contributed by atoms with E-state index >= 15 is 0 Å². The summed E-state index contributed by atoms with van der Waals surface area (Å²) in [7, 11) is 0. The molecule has 0 aromatic rings. The maximum atomic E-state index is 11.4. The Morgan fingerprint density at radius 2 is 1.93 bits per heavy atom. The number of carbonyl (C=O) groups is 2.